The van der Waals surface area contributed by atoms with Crippen LogP contribution in [0, 0.1) is 6.92 Å². The number of carbonyl (C=O) groups is 2. The topological polar surface area (TPSA) is 43.9 Å². The van der Waals surface area contributed by atoms with E-state index in [-0.39, 0.29) is 36.0 Å². The molecule has 0 bridgehead atoms. The highest BCUT2D eigenvalue weighted by atomic mass is 32.1. The Kier molecular flexibility index (Phi) is 7.33. The van der Waals surface area contributed by atoms with Crippen molar-refractivity contribution in [2.45, 2.75) is 38.5 Å². The highest BCUT2D eigenvalue weighted by Gasteiger charge is 2.35. The third-order valence-electron chi connectivity index (χ3n) is 7.50. The number of fused-ring (bicyclic) bond motifs is 1. The van der Waals surface area contributed by atoms with E-state index in [1.165, 1.54) is 33.7 Å². The van der Waals surface area contributed by atoms with E-state index in [4.69, 9.17) is 0 Å². The highest BCUT2D eigenvalue weighted by molar-refractivity contribution is 7.10. The average molecular weight is 542 g/mol. The molecule has 2 aromatic carbocycles. The lowest BCUT2D eigenvalue weighted by atomic mass is 9.92. The molecule has 0 unspecified atom stereocenters. The van der Waals surface area contributed by atoms with Gasteiger partial charge in [0.25, 0.3) is 5.91 Å². The molecular formula is C29H30F3N3O2S. The lowest BCUT2D eigenvalue weighted by molar-refractivity contribution is -0.137. The van der Waals surface area contributed by atoms with Crippen molar-refractivity contribution >= 4 is 23.2 Å². The third kappa shape index (κ3) is 5.35. The SMILES string of the molecule is Cc1ccc([C@H]2c3ccsc3CCN2CC(=O)N2CCN(C(=O)c3ccc(C(F)(F)F)cc3)[C@@H](C)C2)cc1. The quantitative estimate of drug-likeness (QED) is 0.445. The number of halogens is 3. The van der Waals surface area contributed by atoms with Crippen LogP contribution in [0.3, 0.4) is 0 Å². The number of hydrogen-bond donors (Lipinski definition) is 0. The molecule has 3 heterocycles. The molecule has 5 rings (SSSR count). The first-order chi connectivity index (χ1) is 18.1. The first kappa shape index (κ1) is 26.4. The molecule has 2 aliphatic heterocycles. The van der Waals surface area contributed by atoms with Crippen molar-refractivity contribution < 1.29 is 22.8 Å². The van der Waals surface area contributed by atoms with Crippen LogP contribution in [0.2, 0.25) is 0 Å². The fraction of sp³-hybridized carbons (Fsp3) is 0.379. The minimum atomic E-state index is -4.45. The van der Waals surface area contributed by atoms with Crippen LogP contribution in [-0.4, -0.2) is 65.3 Å². The molecule has 1 fully saturated rings. The molecule has 3 aromatic rings. The minimum Gasteiger partial charge on any atom is -0.338 e. The average Bonchev–Trinajstić information content (AvgIpc) is 3.37. The van der Waals surface area contributed by atoms with Crippen LogP contribution < -0.4 is 0 Å². The second-order valence-corrected chi connectivity index (χ2v) is 11.1. The van der Waals surface area contributed by atoms with Gasteiger partial charge in [0.15, 0.2) is 0 Å². The maximum absolute atomic E-state index is 13.4. The number of carbonyl (C=O) groups excluding carboxylic acids is 2. The molecule has 0 aliphatic carbocycles. The Morgan fingerprint density at radius 3 is 2.34 bits per heavy atom. The fourth-order valence-electron chi connectivity index (χ4n) is 5.40. The Balaban J connectivity index is 1.25. The van der Waals surface area contributed by atoms with Crippen LogP contribution >= 0.6 is 11.3 Å². The summed E-state index contributed by atoms with van der Waals surface area (Å²) in [5.41, 5.74) is 3.05. The molecule has 1 aromatic heterocycles. The molecule has 1 saturated heterocycles. The normalized spacial score (nSPS) is 20.3. The second-order valence-electron chi connectivity index (χ2n) is 10.1. The summed E-state index contributed by atoms with van der Waals surface area (Å²) in [7, 11) is 0. The first-order valence-electron chi connectivity index (χ1n) is 12.7. The monoisotopic (exact) mass is 541 g/mol. The van der Waals surface area contributed by atoms with Crippen molar-refractivity contribution in [3.63, 3.8) is 0 Å². The van der Waals surface area contributed by atoms with Gasteiger partial charge in [-0.3, -0.25) is 14.5 Å². The van der Waals surface area contributed by atoms with E-state index >= 15 is 0 Å². The van der Waals surface area contributed by atoms with E-state index in [1.54, 1.807) is 21.1 Å². The molecule has 0 saturated carbocycles. The lowest BCUT2D eigenvalue weighted by Crippen LogP contribution is -2.57. The molecular weight excluding hydrogens is 511 g/mol. The van der Waals surface area contributed by atoms with E-state index in [1.807, 2.05) is 6.92 Å². The van der Waals surface area contributed by atoms with Gasteiger partial charge in [0, 0.05) is 42.7 Å². The van der Waals surface area contributed by atoms with E-state index in [0.717, 1.165) is 25.1 Å². The standard InChI is InChI=1S/C29H30F3N3O2S/c1-19-3-5-21(6-4-19)27-24-12-16-38-25(24)11-13-34(27)18-26(36)33-14-15-35(20(2)17-33)28(37)22-7-9-23(10-8-22)29(30,31)32/h3-10,12,16,20,27H,11,13-15,17-18H2,1-2H3/t20-,27-/m0/s1. The number of hydrogen-bond acceptors (Lipinski definition) is 4. The lowest BCUT2D eigenvalue weighted by Gasteiger charge is -2.42. The first-order valence-corrected chi connectivity index (χ1v) is 13.6. The summed E-state index contributed by atoms with van der Waals surface area (Å²) < 4.78 is 38.6. The van der Waals surface area contributed by atoms with Crippen molar-refractivity contribution in [2.24, 2.45) is 0 Å². The summed E-state index contributed by atoms with van der Waals surface area (Å²) >= 11 is 1.76. The summed E-state index contributed by atoms with van der Waals surface area (Å²) in [6.07, 6.45) is -3.53. The molecule has 0 radical (unpaired) electrons. The van der Waals surface area contributed by atoms with E-state index < -0.39 is 11.7 Å². The van der Waals surface area contributed by atoms with Gasteiger partial charge >= 0.3 is 6.18 Å². The molecule has 2 atom stereocenters. The number of amides is 2. The fourth-order valence-corrected chi connectivity index (χ4v) is 6.31. The number of nitrogens with zero attached hydrogens (tertiary/aromatic N) is 3. The van der Waals surface area contributed by atoms with E-state index in [2.05, 4.69) is 47.5 Å². The Morgan fingerprint density at radius 2 is 1.68 bits per heavy atom. The number of piperazine rings is 1. The Bertz CT molecular complexity index is 1300. The summed E-state index contributed by atoms with van der Waals surface area (Å²) in [5, 5.41) is 2.12. The van der Waals surface area contributed by atoms with Crippen LogP contribution in [-0.2, 0) is 17.4 Å². The van der Waals surface area contributed by atoms with E-state index in [9.17, 15) is 22.8 Å². The van der Waals surface area contributed by atoms with Crippen LogP contribution in [0.25, 0.3) is 0 Å². The van der Waals surface area contributed by atoms with Gasteiger partial charge in [0.1, 0.15) is 0 Å². The zero-order chi connectivity index (χ0) is 27.0. The van der Waals surface area contributed by atoms with Gasteiger partial charge in [-0.25, -0.2) is 0 Å². The zero-order valence-corrected chi connectivity index (χ0v) is 22.2. The van der Waals surface area contributed by atoms with E-state index in [0.29, 0.717) is 19.6 Å². The van der Waals surface area contributed by atoms with Crippen molar-refractivity contribution in [1.29, 1.82) is 0 Å². The predicted molar refractivity (Wildman–Crippen MR) is 141 cm³/mol. The molecule has 0 N–H and O–H groups in total. The molecule has 9 heteroatoms. The smallest absolute Gasteiger partial charge is 0.338 e. The molecule has 2 amide bonds. The van der Waals surface area contributed by atoms with Crippen molar-refractivity contribution in [1.82, 2.24) is 14.7 Å². The Hall–Kier alpha value is -3.17. The Morgan fingerprint density at radius 1 is 0.974 bits per heavy atom. The summed E-state index contributed by atoms with van der Waals surface area (Å²) in [5.74, 6) is -0.298. The van der Waals surface area contributed by atoms with Crippen LogP contribution in [0.5, 0.6) is 0 Å². The van der Waals surface area contributed by atoms with Crippen molar-refractivity contribution in [2.75, 3.05) is 32.7 Å². The summed E-state index contributed by atoms with van der Waals surface area (Å²) in [6, 6.07) is 14.7. The van der Waals surface area contributed by atoms with Gasteiger partial charge in [-0.2, -0.15) is 13.2 Å². The van der Waals surface area contributed by atoms with Gasteiger partial charge in [0.2, 0.25) is 5.91 Å². The molecule has 2 aliphatic rings. The number of thiophene rings is 1. The molecule has 5 nitrogen and oxygen atoms in total. The van der Waals surface area contributed by atoms with Crippen LogP contribution in [0.1, 0.15) is 50.5 Å². The number of alkyl halides is 3. The highest BCUT2D eigenvalue weighted by Crippen LogP contribution is 2.38. The van der Waals surface area contributed by atoms with Gasteiger partial charge in [-0.05, 0) is 67.1 Å². The maximum Gasteiger partial charge on any atom is 0.416 e. The molecule has 200 valence electrons. The summed E-state index contributed by atoms with van der Waals surface area (Å²) in [4.78, 5) is 33.5. The number of aryl methyl sites for hydroxylation is 1. The van der Waals surface area contributed by atoms with Gasteiger partial charge in [-0.15, -0.1) is 11.3 Å². The predicted octanol–water partition coefficient (Wildman–Crippen LogP) is 5.40. The van der Waals surface area contributed by atoms with Gasteiger partial charge < -0.3 is 9.80 Å². The number of benzene rings is 2. The maximum atomic E-state index is 13.4. The third-order valence-corrected chi connectivity index (χ3v) is 8.49. The number of rotatable bonds is 4. The zero-order valence-electron chi connectivity index (χ0n) is 21.4. The largest absolute Gasteiger partial charge is 0.416 e. The van der Waals surface area contributed by atoms with Crippen LogP contribution in [0.4, 0.5) is 13.2 Å². The van der Waals surface area contributed by atoms with Gasteiger partial charge in [0.05, 0.1) is 18.2 Å². The molecule has 38 heavy (non-hydrogen) atoms. The van der Waals surface area contributed by atoms with Crippen LogP contribution in [0.15, 0.2) is 60.0 Å². The van der Waals surface area contributed by atoms with Crippen molar-refractivity contribution in [3.8, 4) is 0 Å². The Labute approximate surface area is 224 Å². The van der Waals surface area contributed by atoms with Gasteiger partial charge in [-0.1, -0.05) is 29.8 Å². The van der Waals surface area contributed by atoms with Crippen molar-refractivity contribution in [3.05, 3.63) is 92.7 Å². The summed E-state index contributed by atoms with van der Waals surface area (Å²) in [6.45, 7) is 6.12. The molecule has 0 spiro atoms. The minimum absolute atomic E-state index is 0.0225. The second kappa shape index (κ2) is 10.5.